The second-order valence-electron chi connectivity index (χ2n) is 5.43. The molecule has 128 valence electrons. The molecule has 3 atom stereocenters. The van der Waals surface area contributed by atoms with E-state index in [9.17, 15) is 5.11 Å². The molecule has 24 heavy (non-hydrogen) atoms. The van der Waals surface area contributed by atoms with E-state index in [1.165, 1.54) is 0 Å². The van der Waals surface area contributed by atoms with Crippen molar-refractivity contribution in [1.82, 2.24) is 19.5 Å². The van der Waals surface area contributed by atoms with Crippen molar-refractivity contribution in [2.24, 2.45) is 5.11 Å². The van der Waals surface area contributed by atoms with E-state index in [0.717, 1.165) is 5.69 Å². The number of fused-ring (bicyclic) bond motifs is 1. The maximum atomic E-state index is 9.45. The average molecular weight is 333 g/mol. The first-order valence-corrected chi connectivity index (χ1v) is 7.65. The lowest BCUT2D eigenvalue weighted by Crippen LogP contribution is -2.23. The molecule has 1 saturated heterocycles. The zero-order valence-electron chi connectivity index (χ0n) is 13.4. The summed E-state index contributed by atoms with van der Waals surface area (Å²) in [6, 6.07) is -0.461. The van der Waals surface area contributed by atoms with E-state index in [1.54, 1.807) is 11.6 Å². The number of aryl methyl sites for hydroxylation is 1. The summed E-state index contributed by atoms with van der Waals surface area (Å²) >= 11 is 0. The van der Waals surface area contributed by atoms with Gasteiger partial charge in [-0.15, -0.1) is 0 Å². The molecule has 0 spiro atoms. The van der Waals surface area contributed by atoms with Gasteiger partial charge in [-0.25, -0.2) is 9.97 Å². The molecule has 1 aliphatic heterocycles. The highest BCUT2D eigenvalue weighted by Gasteiger charge is 2.37. The SMILES string of the molecule is CCc1nc(N)nc2c1nc(NC)n2[C@H]1C[C@H](N=[N+]=[N-])[C@@H](CO)O1. The van der Waals surface area contributed by atoms with Gasteiger partial charge in [0.1, 0.15) is 11.7 Å². The summed E-state index contributed by atoms with van der Waals surface area (Å²) in [7, 11) is 1.74. The second kappa shape index (κ2) is 6.48. The fourth-order valence-electron chi connectivity index (χ4n) is 2.97. The van der Waals surface area contributed by atoms with Crippen LogP contribution in [0.4, 0.5) is 11.9 Å². The number of ether oxygens (including phenoxy) is 1. The predicted molar refractivity (Wildman–Crippen MR) is 87.2 cm³/mol. The first-order chi connectivity index (χ1) is 11.6. The number of rotatable bonds is 5. The van der Waals surface area contributed by atoms with E-state index in [-0.39, 0.29) is 12.6 Å². The molecular weight excluding hydrogens is 314 g/mol. The van der Waals surface area contributed by atoms with E-state index >= 15 is 0 Å². The average Bonchev–Trinajstić information content (AvgIpc) is 3.14. The van der Waals surface area contributed by atoms with Crippen LogP contribution in [0, 0.1) is 0 Å². The van der Waals surface area contributed by atoms with Gasteiger partial charge in [-0.05, 0) is 12.0 Å². The summed E-state index contributed by atoms with van der Waals surface area (Å²) in [6.07, 6.45) is 0.0121. The van der Waals surface area contributed by atoms with Crippen LogP contribution in [0.3, 0.4) is 0 Å². The largest absolute Gasteiger partial charge is 0.394 e. The molecule has 0 saturated carbocycles. The third-order valence-electron chi connectivity index (χ3n) is 4.06. The Balaban J connectivity index is 2.12. The van der Waals surface area contributed by atoms with Crippen LogP contribution in [0.25, 0.3) is 21.6 Å². The zero-order valence-corrected chi connectivity index (χ0v) is 13.4. The van der Waals surface area contributed by atoms with Gasteiger partial charge >= 0.3 is 0 Å². The fourth-order valence-corrected chi connectivity index (χ4v) is 2.97. The molecule has 11 heteroatoms. The van der Waals surface area contributed by atoms with Gasteiger partial charge in [0.25, 0.3) is 0 Å². The molecule has 11 nitrogen and oxygen atoms in total. The Morgan fingerprint density at radius 2 is 2.29 bits per heavy atom. The lowest BCUT2D eigenvalue weighted by Gasteiger charge is -2.16. The molecule has 0 aliphatic carbocycles. The molecule has 3 rings (SSSR count). The van der Waals surface area contributed by atoms with Crippen LogP contribution < -0.4 is 11.1 Å². The van der Waals surface area contributed by atoms with Gasteiger partial charge in [0.05, 0.1) is 24.4 Å². The third kappa shape index (κ3) is 2.58. The van der Waals surface area contributed by atoms with E-state index in [4.69, 9.17) is 16.0 Å². The molecule has 2 aromatic rings. The van der Waals surface area contributed by atoms with Gasteiger partial charge in [0.2, 0.25) is 11.9 Å². The number of anilines is 2. The third-order valence-corrected chi connectivity index (χ3v) is 4.06. The Bertz CT molecular complexity index is 798. The standard InChI is InChI=1S/C13H19N9O2/c1-3-6-10-11(19-12(14)17-6)22(13(16-2)18-10)9-4-7(20-21-15)8(5-23)24-9/h7-9,23H,3-5H2,1-2H3,(H,16,18)(H2,14,17,19)/t7-,8+,9+/m0/s1. The number of aromatic nitrogens is 4. The molecule has 4 N–H and O–H groups in total. The number of aliphatic hydroxyl groups is 1. The molecular formula is C13H19N9O2. The normalized spacial score (nSPS) is 23.4. The van der Waals surface area contributed by atoms with Gasteiger partial charge in [0, 0.05) is 18.4 Å². The van der Waals surface area contributed by atoms with Crippen molar-refractivity contribution in [3.8, 4) is 0 Å². The van der Waals surface area contributed by atoms with Gasteiger partial charge in [0.15, 0.2) is 5.65 Å². The van der Waals surface area contributed by atoms with Crippen LogP contribution >= 0.6 is 0 Å². The summed E-state index contributed by atoms with van der Waals surface area (Å²) in [5, 5.41) is 16.2. The van der Waals surface area contributed by atoms with Crippen LogP contribution in [0.15, 0.2) is 5.11 Å². The molecule has 0 aromatic carbocycles. The molecule has 0 radical (unpaired) electrons. The van der Waals surface area contributed by atoms with E-state index in [1.807, 2.05) is 6.92 Å². The van der Waals surface area contributed by atoms with Crippen molar-refractivity contribution in [3.05, 3.63) is 16.1 Å². The smallest absolute Gasteiger partial charge is 0.222 e. The number of nitrogens with one attached hydrogen (secondary N) is 1. The van der Waals surface area contributed by atoms with Crippen LogP contribution in [-0.4, -0.2) is 50.4 Å². The Kier molecular flexibility index (Phi) is 4.38. The Hall–Kier alpha value is -2.62. The van der Waals surface area contributed by atoms with Crippen molar-refractivity contribution in [1.29, 1.82) is 0 Å². The highest BCUT2D eigenvalue weighted by atomic mass is 16.5. The summed E-state index contributed by atoms with van der Waals surface area (Å²) in [5.41, 5.74) is 16.4. The Morgan fingerprint density at radius 3 is 2.92 bits per heavy atom. The maximum absolute atomic E-state index is 9.45. The molecule has 0 unspecified atom stereocenters. The van der Waals surface area contributed by atoms with Crippen molar-refractivity contribution in [2.45, 2.75) is 38.1 Å². The lowest BCUT2D eigenvalue weighted by atomic mass is 10.1. The van der Waals surface area contributed by atoms with E-state index < -0.39 is 18.4 Å². The zero-order chi connectivity index (χ0) is 17.3. The topological polar surface area (TPSA) is 160 Å². The van der Waals surface area contributed by atoms with Gasteiger partial charge in [-0.1, -0.05) is 12.0 Å². The number of hydrogen-bond acceptors (Lipinski definition) is 8. The highest BCUT2D eigenvalue weighted by Crippen LogP contribution is 2.35. The number of imidazole rings is 1. The quantitative estimate of drug-likeness (QED) is 0.417. The first-order valence-electron chi connectivity index (χ1n) is 7.65. The number of azide groups is 1. The summed E-state index contributed by atoms with van der Waals surface area (Å²) in [5.74, 6) is 0.703. The molecule has 2 aromatic heterocycles. The van der Waals surface area contributed by atoms with Gasteiger partial charge < -0.3 is 20.9 Å². The highest BCUT2D eigenvalue weighted by molar-refractivity contribution is 5.78. The van der Waals surface area contributed by atoms with Gasteiger partial charge in [-0.3, -0.25) is 4.57 Å². The minimum atomic E-state index is -0.571. The van der Waals surface area contributed by atoms with Crippen molar-refractivity contribution in [2.75, 3.05) is 24.7 Å². The number of nitrogen functional groups attached to an aromatic ring is 1. The van der Waals surface area contributed by atoms with Crippen LogP contribution in [0.1, 0.15) is 25.3 Å². The minimum Gasteiger partial charge on any atom is -0.394 e. The van der Waals surface area contributed by atoms with Crippen LogP contribution in [0.5, 0.6) is 0 Å². The van der Waals surface area contributed by atoms with E-state index in [2.05, 4.69) is 30.3 Å². The lowest BCUT2D eigenvalue weighted by molar-refractivity contribution is -0.0223. The van der Waals surface area contributed by atoms with Gasteiger partial charge in [-0.2, -0.15) is 4.98 Å². The second-order valence-corrected chi connectivity index (χ2v) is 5.43. The molecule has 0 bridgehead atoms. The van der Waals surface area contributed by atoms with Crippen molar-refractivity contribution < 1.29 is 9.84 Å². The molecule has 1 fully saturated rings. The summed E-state index contributed by atoms with van der Waals surface area (Å²) in [4.78, 5) is 15.9. The monoisotopic (exact) mass is 333 g/mol. The summed E-state index contributed by atoms with van der Waals surface area (Å²) < 4.78 is 7.62. The maximum Gasteiger partial charge on any atom is 0.222 e. The minimum absolute atomic E-state index is 0.159. The predicted octanol–water partition coefficient (Wildman–Crippen LogP) is 0.971. The number of aliphatic hydroxyl groups excluding tert-OH is 1. The Labute approximate surface area is 137 Å². The van der Waals surface area contributed by atoms with E-state index in [0.29, 0.717) is 30.0 Å². The summed E-state index contributed by atoms with van der Waals surface area (Å²) in [6.45, 7) is 1.73. The first kappa shape index (κ1) is 16.2. The molecule has 1 aliphatic rings. The Morgan fingerprint density at radius 1 is 1.50 bits per heavy atom. The number of nitrogens with two attached hydrogens (primary N) is 1. The van der Waals surface area contributed by atoms with Crippen LogP contribution in [0.2, 0.25) is 0 Å². The number of nitrogens with zero attached hydrogens (tertiary/aromatic N) is 7. The number of hydrogen-bond donors (Lipinski definition) is 3. The fraction of sp³-hybridized carbons (Fsp3) is 0.615. The van der Waals surface area contributed by atoms with Crippen molar-refractivity contribution in [3.63, 3.8) is 0 Å². The van der Waals surface area contributed by atoms with Crippen LogP contribution in [-0.2, 0) is 11.2 Å². The molecule has 3 heterocycles. The van der Waals surface area contributed by atoms with Crippen molar-refractivity contribution >= 4 is 23.1 Å². The molecule has 0 amide bonds.